The molecule has 2 rings (SSSR count). The van der Waals surface area contributed by atoms with E-state index in [0.717, 1.165) is 13.0 Å². The third kappa shape index (κ3) is 4.18. The molecule has 0 fully saturated rings. The molecule has 0 saturated carbocycles. The molecule has 7 heteroatoms. The standard InChI is InChI=1S/C15H19ClFN3O2/c1-20(2)8-4-7-18-15(21)13-9-12(19-22-13)14-10(16)5-3-6-11(14)17/h3,5-6,13H,4,7-9H2,1-2H3,(H,18,21). The Kier molecular flexibility index (Phi) is 5.74. The Labute approximate surface area is 134 Å². The van der Waals surface area contributed by atoms with Gasteiger partial charge in [-0.2, -0.15) is 0 Å². The quantitative estimate of drug-likeness (QED) is 0.814. The van der Waals surface area contributed by atoms with Crippen LogP contribution in [0.2, 0.25) is 5.02 Å². The molecule has 1 aliphatic heterocycles. The Hall–Kier alpha value is -1.66. The molecular formula is C15H19ClFN3O2. The topological polar surface area (TPSA) is 53.9 Å². The molecular weight excluding hydrogens is 309 g/mol. The normalized spacial score (nSPS) is 17.3. The first-order valence-electron chi connectivity index (χ1n) is 7.08. The van der Waals surface area contributed by atoms with Crippen LogP contribution in [0.25, 0.3) is 0 Å². The summed E-state index contributed by atoms with van der Waals surface area (Å²) in [4.78, 5) is 19.1. The van der Waals surface area contributed by atoms with Gasteiger partial charge >= 0.3 is 0 Å². The maximum absolute atomic E-state index is 13.8. The van der Waals surface area contributed by atoms with Crippen LogP contribution < -0.4 is 5.32 Å². The first-order chi connectivity index (χ1) is 10.5. The predicted molar refractivity (Wildman–Crippen MR) is 83.6 cm³/mol. The Morgan fingerprint density at radius 3 is 3.00 bits per heavy atom. The molecule has 1 N–H and O–H groups in total. The first kappa shape index (κ1) is 16.7. The van der Waals surface area contributed by atoms with Crippen molar-refractivity contribution in [1.82, 2.24) is 10.2 Å². The van der Waals surface area contributed by atoms with Crippen LogP contribution in [0.3, 0.4) is 0 Å². The van der Waals surface area contributed by atoms with Gasteiger partial charge in [-0.3, -0.25) is 4.79 Å². The van der Waals surface area contributed by atoms with Gasteiger partial charge in [-0.1, -0.05) is 22.8 Å². The molecule has 22 heavy (non-hydrogen) atoms. The molecule has 1 aromatic carbocycles. The van der Waals surface area contributed by atoms with Crippen molar-refractivity contribution in [1.29, 1.82) is 0 Å². The maximum Gasteiger partial charge on any atom is 0.264 e. The molecule has 1 heterocycles. The molecule has 1 atom stereocenters. The molecule has 0 spiro atoms. The minimum Gasteiger partial charge on any atom is -0.382 e. The van der Waals surface area contributed by atoms with Gasteiger partial charge in [0.2, 0.25) is 6.10 Å². The summed E-state index contributed by atoms with van der Waals surface area (Å²) in [5.41, 5.74) is 0.559. The van der Waals surface area contributed by atoms with Gasteiger partial charge in [-0.25, -0.2) is 4.39 Å². The van der Waals surface area contributed by atoms with Gasteiger partial charge in [0.25, 0.3) is 5.91 Å². The van der Waals surface area contributed by atoms with E-state index in [1.807, 2.05) is 19.0 Å². The van der Waals surface area contributed by atoms with Crippen LogP contribution in [0.4, 0.5) is 4.39 Å². The largest absolute Gasteiger partial charge is 0.382 e. The lowest BCUT2D eigenvalue weighted by molar-refractivity contribution is -0.131. The number of hydrogen-bond acceptors (Lipinski definition) is 4. The molecule has 5 nitrogen and oxygen atoms in total. The van der Waals surface area contributed by atoms with E-state index < -0.39 is 11.9 Å². The second kappa shape index (κ2) is 7.56. The molecule has 0 aliphatic carbocycles. The highest BCUT2D eigenvalue weighted by Crippen LogP contribution is 2.25. The van der Waals surface area contributed by atoms with Crippen molar-refractivity contribution in [2.45, 2.75) is 18.9 Å². The zero-order valence-electron chi connectivity index (χ0n) is 12.6. The van der Waals surface area contributed by atoms with Crippen molar-refractivity contribution in [2.75, 3.05) is 27.2 Å². The van der Waals surface area contributed by atoms with Crippen molar-refractivity contribution in [2.24, 2.45) is 5.16 Å². The summed E-state index contributed by atoms with van der Waals surface area (Å²) in [6.07, 6.45) is 0.323. The Bertz CT molecular complexity index is 558. The van der Waals surface area contributed by atoms with E-state index >= 15 is 0 Å². The SMILES string of the molecule is CN(C)CCCNC(=O)C1CC(c2c(F)cccc2Cl)=NO1. The fraction of sp³-hybridized carbons (Fsp3) is 0.467. The Balaban J connectivity index is 1.88. The number of oxime groups is 1. The zero-order chi connectivity index (χ0) is 16.1. The van der Waals surface area contributed by atoms with Gasteiger partial charge in [-0.05, 0) is 39.2 Å². The molecule has 1 unspecified atom stereocenters. The number of carbonyl (C=O) groups is 1. The summed E-state index contributed by atoms with van der Waals surface area (Å²) < 4.78 is 13.8. The molecule has 1 aliphatic rings. The van der Waals surface area contributed by atoms with E-state index in [9.17, 15) is 9.18 Å². The summed E-state index contributed by atoms with van der Waals surface area (Å²) >= 11 is 5.99. The number of benzene rings is 1. The van der Waals surface area contributed by atoms with E-state index in [1.165, 1.54) is 12.1 Å². The third-order valence-corrected chi connectivity index (χ3v) is 3.61. The Morgan fingerprint density at radius 1 is 1.55 bits per heavy atom. The van der Waals surface area contributed by atoms with Crippen LogP contribution in [-0.4, -0.2) is 49.8 Å². The van der Waals surface area contributed by atoms with Crippen LogP contribution in [0, 0.1) is 5.82 Å². The van der Waals surface area contributed by atoms with Gasteiger partial charge in [-0.15, -0.1) is 0 Å². The number of amides is 1. The van der Waals surface area contributed by atoms with Crippen LogP contribution in [0.15, 0.2) is 23.4 Å². The van der Waals surface area contributed by atoms with Crippen LogP contribution in [0.1, 0.15) is 18.4 Å². The van der Waals surface area contributed by atoms with Crippen molar-refractivity contribution in [3.05, 3.63) is 34.6 Å². The molecule has 0 bridgehead atoms. The number of hydrogen-bond donors (Lipinski definition) is 1. The third-order valence-electron chi connectivity index (χ3n) is 3.29. The average Bonchev–Trinajstić information content (AvgIpc) is 2.92. The van der Waals surface area contributed by atoms with Crippen LogP contribution in [0.5, 0.6) is 0 Å². The molecule has 0 radical (unpaired) electrons. The number of carbonyl (C=O) groups excluding carboxylic acids is 1. The van der Waals surface area contributed by atoms with E-state index in [4.69, 9.17) is 16.4 Å². The van der Waals surface area contributed by atoms with E-state index in [2.05, 4.69) is 10.5 Å². The van der Waals surface area contributed by atoms with E-state index in [0.29, 0.717) is 12.3 Å². The second-order valence-corrected chi connectivity index (χ2v) is 5.79. The molecule has 1 aromatic rings. The zero-order valence-corrected chi connectivity index (χ0v) is 13.4. The van der Waals surface area contributed by atoms with Gasteiger partial charge in [0.15, 0.2) is 0 Å². The number of rotatable bonds is 6. The smallest absolute Gasteiger partial charge is 0.264 e. The fourth-order valence-electron chi connectivity index (χ4n) is 2.16. The van der Waals surface area contributed by atoms with Gasteiger partial charge < -0.3 is 15.1 Å². The second-order valence-electron chi connectivity index (χ2n) is 5.38. The highest BCUT2D eigenvalue weighted by Gasteiger charge is 2.30. The van der Waals surface area contributed by atoms with Gasteiger partial charge in [0, 0.05) is 13.0 Å². The predicted octanol–water partition coefficient (Wildman–Crippen LogP) is 2.04. The summed E-state index contributed by atoms with van der Waals surface area (Å²) in [5, 5.41) is 6.86. The highest BCUT2D eigenvalue weighted by molar-refractivity contribution is 6.34. The van der Waals surface area contributed by atoms with E-state index in [1.54, 1.807) is 6.07 Å². The Morgan fingerprint density at radius 2 is 2.32 bits per heavy atom. The lowest BCUT2D eigenvalue weighted by Crippen LogP contribution is -2.36. The van der Waals surface area contributed by atoms with E-state index in [-0.39, 0.29) is 22.9 Å². The minimum absolute atomic E-state index is 0.201. The lowest BCUT2D eigenvalue weighted by atomic mass is 10.0. The van der Waals surface area contributed by atoms with Crippen LogP contribution >= 0.6 is 11.6 Å². The maximum atomic E-state index is 13.8. The molecule has 120 valence electrons. The minimum atomic E-state index is -0.731. The average molecular weight is 328 g/mol. The van der Waals surface area contributed by atoms with Crippen molar-refractivity contribution in [3.63, 3.8) is 0 Å². The molecule has 0 aromatic heterocycles. The summed E-state index contributed by atoms with van der Waals surface area (Å²) in [7, 11) is 3.94. The van der Waals surface area contributed by atoms with Crippen molar-refractivity contribution >= 4 is 23.2 Å². The van der Waals surface area contributed by atoms with Crippen LogP contribution in [-0.2, 0) is 9.63 Å². The van der Waals surface area contributed by atoms with Crippen molar-refractivity contribution in [3.8, 4) is 0 Å². The monoisotopic (exact) mass is 327 g/mol. The number of nitrogens with one attached hydrogen (secondary N) is 1. The lowest BCUT2D eigenvalue weighted by Gasteiger charge is -2.12. The number of halogens is 2. The fourth-order valence-corrected chi connectivity index (χ4v) is 2.43. The van der Waals surface area contributed by atoms with Gasteiger partial charge in [0.1, 0.15) is 5.82 Å². The molecule has 0 saturated heterocycles. The molecule has 1 amide bonds. The summed E-state index contributed by atoms with van der Waals surface area (Å²) in [6, 6.07) is 4.40. The number of nitrogens with zero attached hydrogens (tertiary/aromatic N) is 2. The first-order valence-corrected chi connectivity index (χ1v) is 7.46. The van der Waals surface area contributed by atoms with Crippen molar-refractivity contribution < 1.29 is 14.0 Å². The summed E-state index contributed by atoms with van der Waals surface area (Å²) in [6.45, 7) is 1.45. The van der Waals surface area contributed by atoms with Gasteiger partial charge in [0.05, 0.1) is 16.3 Å². The summed E-state index contributed by atoms with van der Waals surface area (Å²) in [5.74, 6) is -0.716. The highest BCUT2D eigenvalue weighted by atomic mass is 35.5.